The highest BCUT2D eigenvalue weighted by atomic mass is 35.5. The summed E-state index contributed by atoms with van der Waals surface area (Å²) in [7, 11) is 0. The molecule has 1 unspecified atom stereocenters. The van der Waals surface area contributed by atoms with Gasteiger partial charge in [0, 0.05) is 10.9 Å². The molecule has 1 atom stereocenters. The smallest absolute Gasteiger partial charge is 0.306 e. The molecule has 1 aliphatic carbocycles. The maximum Gasteiger partial charge on any atom is 0.306 e. The van der Waals surface area contributed by atoms with Crippen LogP contribution < -0.4 is 5.32 Å². The first-order valence-electron chi connectivity index (χ1n) is 7.80. The first kappa shape index (κ1) is 16.8. The quantitative estimate of drug-likeness (QED) is 0.866. The molecule has 0 radical (unpaired) electrons. The van der Waals surface area contributed by atoms with Gasteiger partial charge >= 0.3 is 5.97 Å². The van der Waals surface area contributed by atoms with Crippen molar-refractivity contribution in [3.8, 4) is 0 Å². The number of carboxylic acid groups (broad SMARTS) is 1. The van der Waals surface area contributed by atoms with Gasteiger partial charge in [-0.05, 0) is 49.8 Å². The number of amides is 1. The number of hydrogen-bond donors (Lipinski definition) is 2. The van der Waals surface area contributed by atoms with Gasteiger partial charge in [-0.25, -0.2) is 0 Å². The molecule has 4 nitrogen and oxygen atoms in total. The molecule has 0 aromatic heterocycles. The van der Waals surface area contributed by atoms with E-state index in [1.165, 1.54) is 0 Å². The molecule has 1 saturated carbocycles. The van der Waals surface area contributed by atoms with Crippen LogP contribution in [0.1, 0.15) is 50.6 Å². The van der Waals surface area contributed by atoms with Crippen LogP contribution in [0.2, 0.25) is 5.02 Å². The van der Waals surface area contributed by atoms with Gasteiger partial charge in [-0.15, -0.1) is 0 Å². The molecule has 1 aromatic rings. The molecule has 0 saturated heterocycles. The summed E-state index contributed by atoms with van der Waals surface area (Å²) in [6, 6.07) is 7.47. The largest absolute Gasteiger partial charge is 0.481 e. The van der Waals surface area contributed by atoms with Gasteiger partial charge in [0.25, 0.3) is 0 Å². The molecular weight excluding hydrogens is 302 g/mol. The second-order valence-electron chi connectivity index (χ2n) is 5.91. The van der Waals surface area contributed by atoms with E-state index in [9.17, 15) is 9.59 Å². The van der Waals surface area contributed by atoms with Crippen molar-refractivity contribution in [3.63, 3.8) is 0 Å². The number of carbonyl (C=O) groups excluding carboxylic acids is 1. The Kier molecular flexibility index (Phi) is 5.83. The Morgan fingerprint density at radius 2 is 1.91 bits per heavy atom. The number of carbonyl (C=O) groups is 2. The molecule has 0 aliphatic heterocycles. The Labute approximate surface area is 135 Å². The maximum atomic E-state index is 12.4. The lowest BCUT2D eigenvalue weighted by atomic mass is 9.81. The van der Waals surface area contributed by atoms with Crippen molar-refractivity contribution in [2.45, 2.75) is 45.1 Å². The number of aliphatic carboxylic acids is 1. The minimum Gasteiger partial charge on any atom is -0.481 e. The lowest BCUT2D eigenvalue weighted by Gasteiger charge is -2.27. The van der Waals surface area contributed by atoms with Crippen LogP contribution in [-0.4, -0.2) is 17.0 Å². The second-order valence-corrected chi connectivity index (χ2v) is 6.35. The SMILES string of the molecule is CCC(NC(=O)C1CCC(C(=O)O)CC1)c1cccc(Cl)c1. The second kappa shape index (κ2) is 7.63. The third kappa shape index (κ3) is 4.23. The Hall–Kier alpha value is -1.55. The number of hydrogen-bond acceptors (Lipinski definition) is 2. The molecule has 1 fully saturated rings. The van der Waals surface area contributed by atoms with E-state index < -0.39 is 5.97 Å². The topological polar surface area (TPSA) is 66.4 Å². The van der Waals surface area contributed by atoms with E-state index in [1.807, 2.05) is 31.2 Å². The zero-order valence-corrected chi connectivity index (χ0v) is 13.5. The van der Waals surface area contributed by atoms with E-state index in [4.69, 9.17) is 16.7 Å². The molecule has 2 N–H and O–H groups in total. The summed E-state index contributed by atoms with van der Waals surface area (Å²) in [5, 5.41) is 12.7. The molecule has 1 amide bonds. The fourth-order valence-electron chi connectivity index (χ4n) is 3.04. The Morgan fingerprint density at radius 3 is 2.45 bits per heavy atom. The van der Waals surface area contributed by atoms with E-state index >= 15 is 0 Å². The predicted molar refractivity (Wildman–Crippen MR) is 85.7 cm³/mol. The highest BCUT2D eigenvalue weighted by molar-refractivity contribution is 6.30. The van der Waals surface area contributed by atoms with Gasteiger partial charge in [0.15, 0.2) is 0 Å². The van der Waals surface area contributed by atoms with E-state index in [1.54, 1.807) is 0 Å². The van der Waals surface area contributed by atoms with Gasteiger partial charge in [0.2, 0.25) is 5.91 Å². The van der Waals surface area contributed by atoms with Gasteiger partial charge in [-0.1, -0.05) is 30.7 Å². The Morgan fingerprint density at radius 1 is 1.27 bits per heavy atom. The van der Waals surface area contributed by atoms with Crippen molar-refractivity contribution in [2.75, 3.05) is 0 Å². The maximum absolute atomic E-state index is 12.4. The van der Waals surface area contributed by atoms with E-state index in [0.29, 0.717) is 30.7 Å². The van der Waals surface area contributed by atoms with Gasteiger partial charge in [-0.3, -0.25) is 9.59 Å². The summed E-state index contributed by atoms with van der Waals surface area (Å²) >= 11 is 6.01. The van der Waals surface area contributed by atoms with Crippen LogP contribution >= 0.6 is 11.6 Å². The third-order valence-corrected chi connectivity index (χ3v) is 4.66. The molecule has 2 rings (SSSR count). The van der Waals surface area contributed by atoms with Crippen molar-refractivity contribution < 1.29 is 14.7 Å². The standard InChI is InChI=1S/C17H22ClNO3/c1-2-15(13-4-3-5-14(18)10-13)19-16(20)11-6-8-12(9-7-11)17(21)22/h3-5,10-12,15H,2,6-9H2,1H3,(H,19,20)(H,21,22). The third-order valence-electron chi connectivity index (χ3n) is 4.42. The van der Waals surface area contributed by atoms with Crippen molar-refractivity contribution in [2.24, 2.45) is 11.8 Å². The van der Waals surface area contributed by atoms with Crippen molar-refractivity contribution in [1.29, 1.82) is 0 Å². The number of halogens is 1. The molecule has 0 bridgehead atoms. The minimum atomic E-state index is -0.746. The summed E-state index contributed by atoms with van der Waals surface area (Å²) in [5.74, 6) is -1.09. The van der Waals surface area contributed by atoms with E-state index in [-0.39, 0.29) is 23.8 Å². The summed E-state index contributed by atoms with van der Waals surface area (Å²) in [4.78, 5) is 23.4. The number of rotatable bonds is 5. The molecule has 1 aliphatic rings. The summed E-state index contributed by atoms with van der Waals surface area (Å²) in [6.07, 6.45) is 3.25. The average molecular weight is 324 g/mol. The van der Waals surface area contributed by atoms with Crippen molar-refractivity contribution >= 4 is 23.5 Å². The monoisotopic (exact) mass is 323 g/mol. The summed E-state index contributed by atoms with van der Waals surface area (Å²) in [6.45, 7) is 2.02. The fraction of sp³-hybridized carbons (Fsp3) is 0.529. The molecule has 0 heterocycles. The van der Waals surface area contributed by atoms with Crippen LogP contribution in [0.15, 0.2) is 24.3 Å². The van der Waals surface area contributed by atoms with E-state index in [2.05, 4.69) is 5.32 Å². The van der Waals surface area contributed by atoms with Crippen LogP contribution in [0, 0.1) is 11.8 Å². The van der Waals surface area contributed by atoms with Gasteiger partial charge in [0.05, 0.1) is 12.0 Å². The molecule has 22 heavy (non-hydrogen) atoms. The Balaban J connectivity index is 1.94. The van der Waals surface area contributed by atoms with Crippen LogP contribution in [0.3, 0.4) is 0 Å². The molecule has 5 heteroatoms. The predicted octanol–water partition coefficient (Wildman–Crippen LogP) is 3.80. The zero-order chi connectivity index (χ0) is 16.1. The lowest BCUT2D eigenvalue weighted by molar-refractivity contribution is -0.144. The number of nitrogens with one attached hydrogen (secondary N) is 1. The van der Waals surface area contributed by atoms with Crippen LogP contribution in [0.4, 0.5) is 0 Å². The molecule has 1 aromatic carbocycles. The Bertz CT molecular complexity index is 538. The zero-order valence-electron chi connectivity index (χ0n) is 12.7. The minimum absolute atomic E-state index is 0.0238. The molecular formula is C17H22ClNO3. The van der Waals surface area contributed by atoms with Gasteiger partial charge in [-0.2, -0.15) is 0 Å². The van der Waals surface area contributed by atoms with Crippen molar-refractivity contribution in [1.82, 2.24) is 5.32 Å². The van der Waals surface area contributed by atoms with Crippen LogP contribution in [0.5, 0.6) is 0 Å². The average Bonchev–Trinajstić information content (AvgIpc) is 2.52. The summed E-state index contributed by atoms with van der Waals surface area (Å²) in [5.41, 5.74) is 1.00. The highest BCUT2D eigenvalue weighted by Gasteiger charge is 2.30. The first-order valence-corrected chi connectivity index (χ1v) is 8.17. The summed E-state index contributed by atoms with van der Waals surface area (Å²) < 4.78 is 0. The van der Waals surface area contributed by atoms with E-state index in [0.717, 1.165) is 12.0 Å². The highest BCUT2D eigenvalue weighted by Crippen LogP contribution is 2.30. The number of carboxylic acids is 1. The first-order chi connectivity index (χ1) is 10.5. The van der Waals surface area contributed by atoms with Gasteiger partial charge < -0.3 is 10.4 Å². The number of benzene rings is 1. The van der Waals surface area contributed by atoms with Gasteiger partial charge in [0.1, 0.15) is 0 Å². The normalized spacial score (nSPS) is 22.8. The molecule has 120 valence electrons. The van der Waals surface area contributed by atoms with Crippen molar-refractivity contribution in [3.05, 3.63) is 34.9 Å². The van der Waals surface area contributed by atoms with Crippen LogP contribution in [-0.2, 0) is 9.59 Å². The molecule has 0 spiro atoms. The van der Waals surface area contributed by atoms with Crippen LogP contribution in [0.25, 0.3) is 0 Å². The lowest BCUT2D eigenvalue weighted by Crippen LogP contribution is -2.36. The fourth-order valence-corrected chi connectivity index (χ4v) is 3.24.